The molecule has 0 spiro atoms. The van der Waals surface area contributed by atoms with Crippen molar-refractivity contribution in [1.82, 2.24) is 0 Å². The van der Waals surface area contributed by atoms with Gasteiger partial charge in [0, 0.05) is 0 Å². The van der Waals surface area contributed by atoms with Crippen molar-refractivity contribution in [2.45, 2.75) is 52.9 Å². The summed E-state index contributed by atoms with van der Waals surface area (Å²) in [7, 11) is 0. The van der Waals surface area contributed by atoms with Crippen molar-refractivity contribution in [3.05, 3.63) is 83.4 Å². The lowest BCUT2D eigenvalue weighted by Crippen LogP contribution is -1.93. The van der Waals surface area contributed by atoms with Crippen molar-refractivity contribution in [3.8, 4) is 22.6 Å². The number of benzene rings is 3. The number of hydrogen-bond donors (Lipinski definition) is 0. The van der Waals surface area contributed by atoms with E-state index in [1.807, 2.05) is 0 Å². The van der Waals surface area contributed by atoms with Gasteiger partial charge in [-0.05, 0) is 66.6 Å². The smallest absolute Gasteiger partial charge is 0.131 e. The van der Waals surface area contributed by atoms with Crippen LogP contribution in [0.3, 0.4) is 0 Å². The number of ether oxygens (including phenoxy) is 1. The Balaban J connectivity index is 1.85. The molecule has 0 fully saturated rings. The van der Waals surface area contributed by atoms with Crippen molar-refractivity contribution in [1.29, 1.82) is 0 Å². The molecule has 0 radical (unpaired) electrons. The summed E-state index contributed by atoms with van der Waals surface area (Å²) in [5.41, 5.74) is 6.35. The standard InChI is InChI=1S/C26H30O/c1-4-6-8-21-11-17-25(18-12-21)27-26-19-24(16-15-23(26)7-5-2)22-13-9-20(3)10-14-22/h9-19H,4-8H2,1-3H3. The quantitative estimate of drug-likeness (QED) is 0.400. The van der Waals surface area contributed by atoms with Gasteiger partial charge in [0.25, 0.3) is 0 Å². The summed E-state index contributed by atoms with van der Waals surface area (Å²) in [6.45, 7) is 6.56. The van der Waals surface area contributed by atoms with Gasteiger partial charge in [-0.2, -0.15) is 0 Å². The zero-order chi connectivity index (χ0) is 19.1. The van der Waals surface area contributed by atoms with Gasteiger partial charge in [0.15, 0.2) is 0 Å². The molecular formula is C26H30O. The van der Waals surface area contributed by atoms with Gasteiger partial charge in [-0.15, -0.1) is 0 Å². The lowest BCUT2D eigenvalue weighted by atomic mass is 10.0. The van der Waals surface area contributed by atoms with Crippen LogP contribution < -0.4 is 4.74 Å². The Hall–Kier alpha value is -2.54. The van der Waals surface area contributed by atoms with Crippen LogP contribution in [0.2, 0.25) is 0 Å². The number of unbranched alkanes of at least 4 members (excludes halogenated alkanes) is 1. The van der Waals surface area contributed by atoms with Gasteiger partial charge in [0.1, 0.15) is 11.5 Å². The Bertz CT molecular complexity index is 844. The highest BCUT2D eigenvalue weighted by Crippen LogP contribution is 2.32. The van der Waals surface area contributed by atoms with Gasteiger partial charge in [0.05, 0.1) is 0 Å². The second kappa shape index (κ2) is 9.41. The van der Waals surface area contributed by atoms with E-state index in [1.165, 1.54) is 40.7 Å². The zero-order valence-electron chi connectivity index (χ0n) is 16.8. The Morgan fingerprint density at radius 2 is 1.41 bits per heavy atom. The summed E-state index contributed by atoms with van der Waals surface area (Å²) in [6.07, 6.45) is 5.74. The second-order valence-electron chi connectivity index (χ2n) is 7.29. The normalized spacial score (nSPS) is 10.8. The van der Waals surface area contributed by atoms with Gasteiger partial charge in [-0.3, -0.25) is 0 Å². The highest BCUT2D eigenvalue weighted by atomic mass is 16.5. The summed E-state index contributed by atoms with van der Waals surface area (Å²) in [6, 6.07) is 23.8. The molecule has 0 unspecified atom stereocenters. The largest absolute Gasteiger partial charge is 0.457 e. The third-order valence-electron chi connectivity index (χ3n) is 4.94. The fourth-order valence-electron chi connectivity index (χ4n) is 3.28. The molecule has 0 aliphatic rings. The molecule has 0 N–H and O–H groups in total. The monoisotopic (exact) mass is 358 g/mol. The van der Waals surface area contributed by atoms with Gasteiger partial charge >= 0.3 is 0 Å². The van der Waals surface area contributed by atoms with E-state index < -0.39 is 0 Å². The average Bonchev–Trinajstić information content (AvgIpc) is 2.69. The van der Waals surface area contributed by atoms with Crippen molar-refractivity contribution in [2.75, 3.05) is 0 Å². The molecule has 27 heavy (non-hydrogen) atoms. The molecule has 0 aromatic heterocycles. The summed E-state index contributed by atoms with van der Waals surface area (Å²) < 4.78 is 6.31. The molecule has 1 heteroatoms. The van der Waals surface area contributed by atoms with Crippen molar-refractivity contribution >= 4 is 0 Å². The van der Waals surface area contributed by atoms with Gasteiger partial charge in [-0.25, -0.2) is 0 Å². The minimum atomic E-state index is 0.911. The lowest BCUT2D eigenvalue weighted by molar-refractivity contribution is 0.475. The van der Waals surface area contributed by atoms with Gasteiger partial charge in [0.2, 0.25) is 0 Å². The van der Waals surface area contributed by atoms with Gasteiger partial charge in [-0.1, -0.05) is 80.8 Å². The molecule has 0 saturated carbocycles. The predicted octanol–water partition coefficient (Wildman–Crippen LogP) is 7.75. The third kappa shape index (κ3) is 5.23. The van der Waals surface area contributed by atoms with E-state index in [0.29, 0.717) is 0 Å². The van der Waals surface area contributed by atoms with Crippen LogP contribution >= 0.6 is 0 Å². The first kappa shape index (κ1) is 19.2. The van der Waals surface area contributed by atoms with E-state index in [2.05, 4.69) is 87.5 Å². The van der Waals surface area contributed by atoms with Crippen LogP contribution in [0.4, 0.5) is 0 Å². The van der Waals surface area contributed by atoms with E-state index in [4.69, 9.17) is 4.74 Å². The van der Waals surface area contributed by atoms with Crippen molar-refractivity contribution in [3.63, 3.8) is 0 Å². The van der Waals surface area contributed by atoms with E-state index in [0.717, 1.165) is 30.8 Å². The van der Waals surface area contributed by atoms with Crippen LogP contribution in [0, 0.1) is 6.92 Å². The zero-order valence-corrected chi connectivity index (χ0v) is 16.8. The molecule has 0 heterocycles. The van der Waals surface area contributed by atoms with Crippen LogP contribution in [0.25, 0.3) is 11.1 Å². The molecule has 0 aliphatic heterocycles. The molecule has 140 valence electrons. The van der Waals surface area contributed by atoms with Crippen molar-refractivity contribution in [2.24, 2.45) is 0 Å². The van der Waals surface area contributed by atoms with Gasteiger partial charge < -0.3 is 4.74 Å². The lowest BCUT2D eigenvalue weighted by Gasteiger charge is -2.14. The van der Waals surface area contributed by atoms with Crippen LogP contribution in [0.15, 0.2) is 66.7 Å². The fourth-order valence-corrected chi connectivity index (χ4v) is 3.28. The molecule has 3 aromatic carbocycles. The molecule has 1 nitrogen and oxygen atoms in total. The maximum atomic E-state index is 6.31. The molecule has 0 bridgehead atoms. The summed E-state index contributed by atoms with van der Waals surface area (Å²) in [4.78, 5) is 0. The Morgan fingerprint density at radius 3 is 2.07 bits per heavy atom. The molecule has 0 aliphatic carbocycles. The van der Waals surface area contributed by atoms with Crippen LogP contribution in [0.5, 0.6) is 11.5 Å². The topological polar surface area (TPSA) is 9.23 Å². The Labute approximate surface area is 164 Å². The van der Waals surface area contributed by atoms with E-state index in [-0.39, 0.29) is 0 Å². The number of rotatable bonds is 8. The molecule has 3 rings (SSSR count). The molecule has 0 saturated heterocycles. The van der Waals surface area contributed by atoms with Crippen LogP contribution in [0.1, 0.15) is 49.8 Å². The fraction of sp³-hybridized carbons (Fsp3) is 0.308. The highest BCUT2D eigenvalue weighted by Gasteiger charge is 2.08. The number of aryl methyl sites for hydroxylation is 3. The Morgan fingerprint density at radius 1 is 0.704 bits per heavy atom. The Kier molecular flexibility index (Phi) is 6.70. The summed E-state index contributed by atoms with van der Waals surface area (Å²) in [5.74, 6) is 1.88. The first-order valence-corrected chi connectivity index (χ1v) is 10.2. The van der Waals surface area contributed by atoms with E-state index >= 15 is 0 Å². The van der Waals surface area contributed by atoms with Crippen LogP contribution in [-0.4, -0.2) is 0 Å². The van der Waals surface area contributed by atoms with E-state index in [9.17, 15) is 0 Å². The molecular weight excluding hydrogens is 328 g/mol. The SMILES string of the molecule is CCCCc1ccc(Oc2cc(-c3ccc(C)cc3)ccc2CCC)cc1. The minimum Gasteiger partial charge on any atom is -0.457 e. The molecule has 0 atom stereocenters. The average molecular weight is 359 g/mol. The second-order valence-corrected chi connectivity index (χ2v) is 7.29. The van der Waals surface area contributed by atoms with Crippen molar-refractivity contribution < 1.29 is 4.74 Å². The van der Waals surface area contributed by atoms with Crippen LogP contribution in [-0.2, 0) is 12.8 Å². The predicted molar refractivity (Wildman–Crippen MR) is 116 cm³/mol. The third-order valence-corrected chi connectivity index (χ3v) is 4.94. The number of hydrogen-bond acceptors (Lipinski definition) is 1. The maximum absolute atomic E-state index is 6.31. The summed E-state index contributed by atoms with van der Waals surface area (Å²) in [5, 5.41) is 0. The minimum absolute atomic E-state index is 0.911. The molecule has 0 amide bonds. The first-order valence-electron chi connectivity index (χ1n) is 10.2. The van der Waals surface area contributed by atoms with E-state index in [1.54, 1.807) is 0 Å². The maximum Gasteiger partial charge on any atom is 0.131 e. The highest BCUT2D eigenvalue weighted by molar-refractivity contribution is 5.66. The molecule has 3 aromatic rings. The summed E-state index contributed by atoms with van der Waals surface area (Å²) >= 11 is 0. The first-order chi connectivity index (χ1) is 13.2.